The van der Waals surface area contributed by atoms with Crippen molar-refractivity contribution < 1.29 is 4.79 Å². The van der Waals surface area contributed by atoms with E-state index < -0.39 is 0 Å². The average molecular weight is 610 g/mol. The second-order valence-corrected chi connectivity index (χ2v) is 10.9. The van der Waals surface area contributed by atoms with Gasteiger partial charge in [0.2, 0.25) is 5.91 Å². The number of hydrogen-bond donors (Lipinski definition) is 2. The Morgan fingerprint density at radius 1 is 0.800 bits per heavy atom. The van der Waals surface area contributed by atoms with Gasteiger partial charge in [0.05, 0.1) is 16.6 Å². The summed E-state index contributed by atoms with van der Waals surface area (Å²) in [5.74, 6) is 0.922. The number of carbonyl (C=O) groups excluding carboxylic acids is 1. The number of nitrogens with zero attached hydrogens (tertiary/aromatic N) is 2. The van der Waals surface area contributed by atoms with Crippen LogP contribution in [0.25, 0.3) is 27.7 Å². The predicted molar refractivity (Wildman–Crippen MR) is 167 cm³/mol. The van der Waals surface area contributed by atoms with Crippen molar-refractivity contribution in [3.05, 3.63) is 136 Å². The van der Waals surface area contributed by atoms with Gasteiger partial charge in [0.25, 0.3) is 0 Å². The first-order chi connectivity index (χ1) is 19.5. The van der Waals surface area contributed by atoms with Crippen LogP contribution >= 0.6 is 27.5 Å². The molecule has 0 atom stereocenters. The number of rotatable bonds is 8. The Morgan fingerprint density at radius 2 is 1.50 bits per heavy atom. The van der Waals surface area contributed by atoms with Gasteiger partial charge >= 0.3 is 0 Å². The molecule has 0 spiro atoms. The Kier molecular flexibility index (Phi) is 7.53. The highest BCUT2D eigenvalue weighted by Gasteiger charge is 2.12. The second kappa shape index (κ2) is 11.5. The highest BCUT2D eigenvalue weighted by atomic mass is 79.9. The molecule has 1 amide bonds. The second-order valence-electron chi connectivity index (χ2n) is 9.67. The summed E-state index contributed by atoms with van der Waals surface area (Å²) < 4.78 is 2.93. The molecule has 2 N–H and O–H groups in total. The molecule has 0 aliphatic carbocycles. The number of hydrogen-bond acceptors (Lipinski definition) is 3. The first-order valence-electron chi connectivity index (χ1n) is 13.0. The maximum absolute atomic E-state index is 12.6. The summed E-state index contributed by atoms with van der Waals surface area (Å²) in [6.07, 6.45) is 2.34. The molecular weight excluding hydrogens is 584 g/mol. The number of amides is 1. The third-order valence-electron chi connectivity index (χ3n) is 6.89. The molecule has 0 unspecified atom stereocenters. The Morgan fingerprint density at radius 3 is 2.30 bits per heavy atom. The molecule has 0 bridgehead atoms. The Balaban J connectivity index is 1.09. The SMILES string of the molecule is O=C(Cc1ccc2ccccc2c1)NCc1ccc(CNc2cc(-c3ccccc3Cl)nc3c(Br)ccn23)cc1. The van der Waals surface area contributed by atoms with Gasteiger partial charge in [0.15, 0.2) is 5.65 Å². The van der Waals surface area contributed by atoms with Gasteiger partial charge in [-0.15, -0.1) is 0 Å². The lowest BCUT2D eigenvalue weighted by Crippen LogP contribution is -2.24. The van der Waals surface area contributed by atoms with E-state index in [4.69, 9.17) is 16.6 Å². The van der Waals surface area contributed by atoms with Crippen LogP contribution in [-0.4, -0.2) is 15.3 Å². The third-order valence-corrected chi connectivity index (χ3v) is 7.83. The summed E-state index contributed by atoms with van der Waals surface area (Å²) in [5, 5.41) is 9.57. The zero-order valence-corrected chi connectivity index (χ0v) is 23.9. The van der Waals surface area contributed by atoms with Crippen molar-refractivity contribution in [1.82, 2.24) is 14.7 Å². The Labute approximate surface area is 246 Å². The van der Waals surface area contributed by atoms with Crippen molar-refractivity contribution >= 4 is 55.7 Å². The molecule has 5 nitrogen and oxygen atoms in total. The first-order valence-corrected chi connectivity index (χ1v) is 14.2. The molecule has 2 heterocycles. The minimum Gasteiger partial charge on any atom is -0.367 e. The lowest BCUT2D eigenvalue weighted by molar-refractivity contribution is -0.120. The Bertz CT molecular complexity index is 1830. The van der Waals surface area contributed by atoms with Gasteiger partial charge in [-0.2, -0.15) is 0 Å². The molecule has 0 aliphatic rings. The fourth-order valence-corrected chi connectivity index (χ4v) is 5.39. The molecule has 4 aromatic carbocycles. The summed E-state index contributed by atoms with van der Waals surface area (Å²) in [4.78, 5) is 17.4. The molecule has 198 valence electrons. The molecule has 6 rings (SSSR count). The van der Waals surface area contributed by atoms with Gasteiger partial charge < -0.3 is 10.6 Å². The zero-order valence-electron chi connectivity index (χ0n) is 21.6. The van der Waals surface area contributed by atoms with E-state index in [1.165, 1.54) is 5.39 Å². The molecule has 6 aromatic rings. The largest absolute Gasteiger partial charge is 0.367 e. The minimum absolute atomic E-state index is 0.00920. The monoisotopic (exact) mass is 608 g/mol. The van der Waals surface area contributed by atoms with Gasteiger partial charge in [-0.1, -0.05) is 96.5 Å². The van der Waals surface area contributed by atoms with Crippen LogP contribution in [0.1, 0.15) is 16.7 Å². The van der Waals surface area contributed by atoms with Crippen molar-refractivity contribution in [2.75, 3.05) is 5.32 Å². The van der Waals surface area contributed by atoms with Gasteiger partial charge in [-0.05, 0) is 55.5 Å². The lowest BCUT2D eigenvalue weighted by atomic mass is 10.0. The van der Waals surface area contributed by atoms with E-state index in [-0.39, 0.29) is 5.91 Å². The van der Waals surface area contributed by atoms with Crippen LogP contribution < -0.4 is 10.6 Å². The van der Waals surface area contributed by atoms with Crippen molar-refractivity contribution in [3.63, 3.8) is 0 Å². The molecule has 0 radical (unpaired) electrons. The van der Waals surface area contributed by atoms with Gasteiger partial charge in [0, 0.05) is 35.9 Å². The van der Waals surface area contributed by atoms with Crippen LogP contribution in [0.2, 0.25) is 5.02 Å². The maximum atomic E-state index is 12.6. The third kappa shape index (κ3) is 5.74. The number of nitrogens with one attached hydrogen (secondary N) is 2. The van der Waals surface area contributed by atoms with E-state index in [9.17, 15) is 4.79 Å². The van der Waals surface area contributed by atoms with Crippen LogP contribution in [0.15, 0.2) is 114 Å². The number of carbonyl (C=O) groups is 1. The topological polar surface area (TPSA) is 58.4 Å². The van der Waals surface area contributed by atoms with Crippen LogP contribution in [0.4, 0.5) is 5.82 Å². The van der Waals surface area contributed by atoms with E-state index in [0.717, 1.165) is 49.3 Å². The molecule has 0 aliphatic heterocycles. The van der Waals surface area contributed by atoms with E-state index in [2.05, 4.69) is 75.1 Å². The normalized spacial score (nSPS) is 11.2. The fourth-order valence-electron chi connectivity index (χ4n) is 4.76. The zero-order chi connectivity index (χ0) is 27.5. The molecule has 40 heavy (non-hydrogen) atoms. The van der Waals surface area contributed by atoms with Crippen molar-refractivity contribution in [3.8, 4) is 11.3 Å². The molecule has 0 saturated carbocycles. The highest BCUT2D eigenvalue weighted by molar-refractivity contribution is 9.10. The van der Waals surface area contributed by atoms with Crippen molar-refractivity contribution in [2.45, 2.75) is 19.5 Å². The smallest absolute Gasteiger partial charge is 0.224 e. The number of benzene rings is 4. The average Bonchev–Trinajstić information content (AvgIpc) is 3.36. The Hall–Kier alpha value is -4.13. The molecule has 0 saturated heterocycles. The maximum Gasteiger partial charge on any atom is 0.224 e. The predicted octanol–water partition coefficient (Wildman–Crippen LogP) is 8.04. The van der Waals surface area contributed by atoms with E-state index >= 15 is 0 Å². The van der Waals surface area contributed by atoms with Gasteiger partial charge in [-0.25, -0.2) is 4.98 Å². The van der Waals surface area contributed by atoms with E-state index in [1.54, 1.807) is 0 Å². The number of anilines is 1. The lowest BCUT2D eigenvalue weighted by Gasteiger charge is -2.13. The molecular formula is C33H26BrClN4O. The number of fused-ring (bicyclic) bond motifs is 2. The first kappa shape index (κ1) is 26.1. The summed E-state index contributed by atoms with van der Waals surface area (Å²) in [5.41, 5.74) is 5.69. The van der Waals surface area contributed by atoms with E-state index in [1.807, 2.05) is 65.2 Å². The van der Waals surface area contributed by atoms with Crippen LogP contribution in [0.3, 0.4) is 0 Å². The van der Waals surface area contributed by atoms with Crippen LogP contribution in [-0.2, 0) is 24.3 Å². The van der Waals surface area contributed by atoms with Crippen molar-refractivity contribution in [2.24, 2.45) is 0 Å². The summed E-state index contributed by atoms with van der Waals surface area (Å²) >= 11 is 10.1. The number of aromatic nitrogens is 2. The number of halogens is 2. The molecule has 0 fully saturated rings. The van der Waals surface area contributed by atoms with E-state index in [0.29, 0.717) is 24.5 Å². The quantitative estimate of drug-likeness (QED) is 0.184. The van der Waals surface area contributed by atoms with Crippen molar-refractivity contribution in [1.29, 1.82) is 0 Å². The minimum atomic E-state index is 0.00920. The molecule has 2 aromatic heterocycles. The highest BCUT2D eigenvalue weighted by Crippen LogP contribution is 2.31. The van der Waals surface area contributed by atoms with Crippen LogP contribution in [0, 0.1) is 0 Å². The van der Waals surface area contributed by atoms with Crippen LogP contribution in [0.5, 0.6) is 0 Å². The summed E-state index contributed by atoms with van der Waals surface area (Å²) in [6, 6.07) is 34.3. The van der Waals surface area contributed by atoms with Gasteiger partial charge in [-0.3, -0.25) is 9.20 Å². The molecule has 7 heteroatoms. The van der Waals surface area contributed by atoms with Gasteiger partial charge in [0.1, 0.15) is 5.82 Å². The summed E-state index contributed by atoms with van der Waals surface area (Å²) in [7, 11) is 0. The summed E-state index contributed by atoms with van der Waals surface area (Å²) in [6.45, 7) is 1.12. The fraction of sp³-hybridized carbons (Fsp3) is 0.0909. The standard InChI is InChI=1S/C33H26BrClN4O/c34-28-15-16-39-31(19-30(38-33(28)39)27-7-3-4-8-29(27)35)36-20-22-9-11-23(12-10-22)21-37-32(40)18-24-13-14-25-5-1-2-6-26(25)17-24/h1-17,19,36H,18,20-21H2,(H,37,40).